The largest absolute Gasteiger partial charge is 0.339 e. The van der Waals surface area contributed by atoms with Crippen molar-refractivity contribution < 1.29 is 13.2 Å². The molecule has 1 aromatic heterocycles. The number of amides is 1. The van der Waals surface area contributed by atoms with E-state index in [0.717, 1.165) is 20.8 Å². The molecule has 2 heterocycles. The summed E-state index contributed by atoms with van der Waals surface area (Å²) in [4.78, 5) is 18.8. The zero-order valence-corrected chi connectivity index (χ0v) is 18.4. The van der Waals surface area contributed by atoms with Gasteiger partial charge >= 0.3 is 0 Å². The Hall–Kier alpha value is -1.94. The number of carbonyl (C=O) groups excluding carboxylic acids is 1. The molecule has 4 rings (SSSR count). The number of sulfonamides is 1. The lowest BCUT2D eigenvalue weighted by atomic mass is 10.1. The van der Waals surface area contributed by atoms with Crippen molar-refractivity contribution in [2.75, 3.05) is 31.9 Å². The third-order valence-corrected chi connectivity index (χ3v) is 8.89. The average molecular weight is 448 g/mol. The number of fused-ring (bicyclic) bond motifs is 1. The zero-order valence-electron chi connectivity index (χ0n) is 15.9. The minimum atomic E-state index is -3.57. The molecule has 0 N–H and O–H groups in total. The van der Waals surface area contributed by atoms with E-state index in [9.17, 15) is 13.2 Å². The quantitative estimate of drug-likeness (QED) is 0.562. The number of hydrogen-bond acceptors (Lipinski definition) is 6. The third-order valence-electron chi connectivity index (χ3n) is 4.87. The number of thiazole rings is 1. The molecular formula is C20H21N3O3S3. The zero-order chi connectivity index (χ0) is 20.4. The highest BCUT2D eigenvalue weighted by molar-refractivity contribution is 8.01. The van der Waals surface area contributed by atoms with Gasteiger partial charge in [-0.2, -0.15) is 4.31 Å². The van der Waals surface area contributed by atoms with Crippen LogP contribution in [0, 0.1) is 6.92 Å². The van der Waals surface area contributed by atoms with Crippen molar-refractivity contribution in [3.05, 3.63) is 53.5 Å². The lowest BCUT2D eigenvalue weighted by molar-refractivity contribution is -0.129. The van der Waals surface area contributed by atoms with Gasteiger partial charge < -0.3 is 4.90 Å². The highest BCUT2D eigenvalue weighted by Gasteiger charge is 2.30. The topological polar surface area (TPSA) is 70.6 Å². The lowest BCUT2D eigenvalue weighted by Crippen LogP contribution is -2.50. The van der Waals surface area contributed by atoms with Crippen LogP contribution in [0.1, 0.15) is 5.69 Å². The van der Waals surface area contributed by atoms with Gasteiger partial charge in [0.2, 0.25) is 15.9 Å². The fourth-order valence-electron chi connectivity index (χ4n) is 3.27. The van der Waals surface area contributed by atoms with Crippen molar-refractivity contribution in [1.82, 2.24) is 14.2 Å². The van der Waals surface area contributed by atoms with Crippen LogP contribution in [0.3, 0.4) is 0 Å². The van der Waals surface area contributed by atoms with Gasteiger partial charge in [0.1, 0.15) is 0 Å². The summed E-state index contributed by atoms with van der Waals surface area (Å²) in [5.41, 5.74) is 0.956. The van der Waals surface area contributed by atoms with E-state index in [2.05, 4.69) is 4.98 Å². The summed E-state index contributed by atoms with van der Waals surface area (Å²) in [5, 5.41) is 3.87. The molecule has 0 saturated carbocycles. The molecule has 0 unspecified atom stereocenters. The first-order chi connectivity index (χ1) is 13.9. The Labute approximate surface area is 178 Å². The van der Waals surface area contributed by atoms with Crippen molar-refractivity contribution in [3.8, 4) is 0 Å². The van der Waals surface area contributed by atoms with Crippen LogP contribution in [0.2, 0.25) is 0 Å². The highest BCUT2D eigenvalue weighted by Crippen LogP contribution is 2.24. The Kier molecular flexibility index (Phi) is 5.91. The molecule has 1 saturated heterocycles. The second-order valence-electron chi connectivity index (χ2n) is 6.84. The van der Waals surface area contributed by atoms with Gasteiger partial charge in [-0.1, -0.05) is 42.1 Å². The summed E-state index contributed by atoms with van der Waals surface area (Å²) in [5.74, 6) is 0.343. The second-order valence-corrected chi connectivity index (χ2v) is 10.9. The molecule has 0 atom stereocenters. The number of hydrogen-bond donors (Lipinski definition) is 0. The molecule has 2 aromatic carbocycles. The summed E-state index contributed by atoms with van der Waals surface area (Å²) < 4.78 is 28.4. The standard InChI is InChI=1S/C20H21N3O3S3/c1-15-13-27-20(21-15)28-14-19(24)22-8-10-23(11-9-22)29(25,26)18-7-6-16-4-2-3-5-17(16)12-18/h2-7,12-13H,8-11,14H2,1H3. The molecule has 1 aliphatic rings. The lowest BCUT2D eigenvalue weighted by Gasteiger charge is -2.34. The predicted molar refractivity (Wildman–Crippen MR) is 117 cm³/mol. The van der Waals surface area contributed by atoms with E-state index in [1.807, 2.05) is 42.6 Å². The van der Waals surface area contributed by atoms with Gasteiger partial charge in [-0.15, -0.1) is 11.3 Å². The van der Waals surface area contributed by atoms with E-state index < -0.39 is 10.0 Å². The minimum absolute atomic E-state index is 0.0191. The van der Waals surface area contributed by atoms with Crippen LogP contribution in [-0.4, -0.2) is 60.4 Å². The SMILES string of the molecule is Cc1csc(SCC(=O)N2CCN(S(=O)(=O)c3ccc4ccccc4c3)CC2)n1. The normalized spacial score (nSPS) is 15.7. The van der Waals surface area contributed by atoms with Crippen LogP contribution >= 0.6 is 23.1 Å². The Bertz CT molecular complexity index is 1140. The third kappa shape index (κ3) is 4.48. The van der Waals surface area contributed by atoms with Gasteiger partial charge in [0, 0.05) is 37.3 Å². The number of carbonyl (C=O) groups is 1. The van der Waals surface area contributed by atoms with E-state index in [1.165, 1.54) is 27.4 Å². The molecule has 0 aliphatic carbocycles. The van der Waals surface area contributed by atoms with Crippen LogP contribution in [0.25, 0.3) is 10.8 Å². The van der Waals surface area contributed by atoms with Crippen LogP contribution in [-0.2, 0) is 14.8 Å². The van der Waals surface area contributed by atoms with Crippen molar-refractivity contribution >= 4 is 49.8 Å². The molecule has 0 spiro atoms. The van der Waals surface area contributed by atoms with E-state index in [-0.39, 0.29) is 5.91 Å². The van der Waals surface area contributed by atoms with E-state index in [0.29, 0.717) is 36.8 Å². The predicted octanol–water partition coefficient (Wildman–Crippen LogP) is 3.23. The van der Waals surface area contributed by atoms with Crippen LogP contribution in [0.5, 0.6) is 0 Å². The summed E-state index contributed by atoms with van der Waals surface area (Å²) in [6.45, 7) is 3.35. The first kappa shape index (κ1) is 20.3. The van der Waals surface area contributed by atoms with Crippen molar-refractivity contribution in [1.29, 1.82) is 0 Å². The number of benzene rings is 2. The Morgan fingerprint density at radius 1 is 1.10 bits per heavy atom. The maximum Gasteiger partial charge on any atom is 0.243 e. The van der Waals surface area contributed by atoms with Crippen LogP contribution < -0.4 is 0 Å². The summed E-state index contributed by atoms with van der Waals surface area (Å²) in [6, 6.07) is 12.9. The monoisotopic (exact) mass is 447 g/mol. The molecule has 1 amide bonds. The maximum absolute atomic E-state index is 13.0. The molecule has 0 radical (unpaired) electrons. The highest BCUT2D eigenvalue weighted by atomic mass is 32.2. The Morgan fingerprint density at radius 3 is 2.52 bits per heavy atom. The Morgan fingerprint density at radius 2 is 1.83 bits per heavy atom. The molecule has 6 nitrogen and oxygen atoms in total. The number of nitrogens with zero attached hydrogens (tertiary/aromatic N) is 3. The molecule has 3 aromatic rings. The van der Waals surface area contributed by atoms with Crippen molar-refractivity contribution in [3.63, 3.8) is 0 Å². The van der Waals surface area contributed by atoms with Gasteiger partial charge in [0.05, 0.1) is 10.6 Å². The maximum atomic E-state index is 13.0. The molecule has 1 fully saturated rings. The smallest absolute Gasteiger partial charge is 0.243 e. The number of thioether (sulfide) groups is 1. The van der Waals surface area contributed by atoms with E-state index in [4.69, 9.17) is 0 Å². The molecule has 29 heavy (non-hydrogen) atoms. The number of rotatable bonds is 5. The first-order valence-corrected chi connectivity index (χ1v) is 12.6. The molecule has 1 aliphatic heterocycles. The summed E-state index contributed by atoms with van der Waals surface area (Å²) in [6.07, 6.45) is 0. The molecular weight excluding hydrogens is 426 g/mol. The average Bonchev–Trinajstić information content (AvgIpc) is 3.17. The Balaban J connectivity index is 1.38. The molecule has 0 bridgehead atoms. The number of aryl methyl sites for hydroxylation is 1. The van der Waals surface area contributed by atoms with Gasteiger partial charge in [-0.25, -0.2) is 13.4 Å². The van der Waals surface area contributed by atoms with Crippen LogP contribution in [0.15, 0.2) is 57.1 Å². The van der Waals surface area contributed by atoms with E-state index >= 15 is 0 Å². The minimum Gasteiger partial charge on any atom is -0.339 e. The second kappa shape index (κ2) is 8.43. The van der Waals surface area contributed by atoms with Gasteiger partial charge in [0.25, 0.3) is 0 Å². The van der Waals surface area contributed by atoms with Gasteiger partial charge in [-0.3, -0.25) is 4.79 Å². The molecule has 152 valence electrons. The number of piperazine rings is 1. The summed E-state index contributed by atoms with van der Waals surface area (Å²) in [7, 11) is -3.57. The molecule has 9 heteroatoms. The fourth-order valence-corrected chi connectivity index (χ4v) is 6.48. The summed E-state index contributed by atoms with van der Waals surface area (Å²) >= 11 is 2.97. The van der Waals surface area contributed by atoms with Crippen molar-refractivity contribution in [2.45, 2.75) is 16.2 Å². The first-order valence-electron chi connectivity index (χ1n) is 9.25. The fraction of sp³-hybridized carbons (Fsp3) is 0.300. The number of aromatic nitrogens is 1. The van der Waals surface area contributed by atoms with Crippen molar-refractivity contribution in [2.24, 2.45) is 0 Å². The van der Waals surface area contributed by atoms with E-state index in [1.54, 1.807) is 17.0 Å². The van der Waals surface area contributed by atoms with Crippen LogP contribution in [0.4, 0.5) is 0 Å². The van der Waals surface area contributed by atoms with Gasteiger partial charge in [0.15, 0.2) is 4.34 Å². The van der Waals surface area contributed by atoms with Gasteiger partial charge in [-0.05, 0) is 29.8 Å².